The molecule has 1 aliphatic heterocycles. The Morgan fingerprint density at radius 1 is 1.03 bits per heavy atom. The van der Waals surface area contributed by atoms with Crippen LogP contribution in [0.2, 0.25) is 5.02 Å². The lowest BCUT2D eigenvalue weighted by atomic mass is 10.1. The molecule has 34 heavy (non-hydrogen) atoms. The summed E-state index contributed by atoms with van der Waals surface area (Å²) in [6, 6.07) is 25.1. The SMILES string of the molecule is CN(Cc1ccccc1)C(=O)Cn1c(C2CC(=O)N(c3ccccc3Cl)C2)nc2ccccc21. The van der Waals surface area contributed by atoms with Crippen LogP contribution >= 0.6 is 11.6 Å². The largest absolute Gasteiger partial charge is 0.340 e. The predicted octanol–water partition coefficient (Wildman–Crippen LogP) is 4.87. The number of carbonyl (C=O) groups is 2. The third-order valence-electron chi connectivity index (χ3n) is 6.30. The zero-order chi connectivity index (χ0) is 23.7. The van der Waals surface area contributed by atoms with Crippen molar-refractivity contribution in [2.24, 2.45) is 0 Å². The average Bonchev–Trinajstić information content (AvgIpc) is 3.40. The fourth-order valence-corrected chi connectivity index (χ4v) is 4.80. The predicted molar refractivity (Wildman–Crippen MR) is 134 cm³/mol. The second kappa shape index (κ2) is 9.31. The van der Waals surface area contributed by atoms with Gasteiger partial charge in [0.1, 0.15) is 12.4 Å². The van der Waals surface area contributed by atoms with Crippen molar-refractivity contribution in [3.05, 3.63) is 95.3 Å². The summed E-state index contributed by atoms with van der Waals surface area (Å²) < 4.78 is 1.97. The summed E-state index contributed by atoms with van der Waals surface area (Å²) in [5.41, 5.74) is 3.49. The van der Waals surface area contributed by atoms with E-state index in [9.17, 15) is 9.59 Å². The summed E-state index contributed by atoms with van der Waals surface area (Å²) in [7, 11) is 1.81. The summed E-state index contributed by atoms with van der Waals surface area (Å²) in [6.07, 6.45) is 0.322. The number of nitrogens with zero attached hydrogens (tertiary/aromatic N) is 4. The molecule has 7 heteroatoms. The topological polar surface area (TPSA) is 58.4 Å². The maximum absolute atomic E-state index is 13.2. The number of hydrogen-bond donors (Lipinski definition) is 0. The van der Waals surface area contributed by atoms with Gasteiger partial charge in [-0.15, -0.1) is 0 Å². The van der Waals surface area contributed by atoms with Crippen LogP contribution in [0.15, 0.2) is 78.9 Å². The molecule has 5 rings (SSSR count). The van der Waals surface area contributed by atoms with Gasteiger partial charge in [0.25, 0.3) is 0 Å². The van der Waals surface area contributed by atoms with Crippen molar-refractivity contribution in [3.63, 3.8) is 0 Å². The van der Waals surface area contributed by atoms with Crippen LogP contribution in [-0.2, 0) is 22.7 Å². The summed E-state index contributed by atoms with van der Waals surface area (Å²) in [5.74, 6) is 0.610. The minimum absolute atomic E-state index is 0.00392. The zero-order valence-corrected chi connectivity index (χ0v) is 19.7. The standard InChI is InChI=1S/C27H25ClN4O2/c1-30(16-19-9-3-2-4-10-19)26(34)18-32-24-14-8-6-12-22(24)29-27(32)20-15-25(33)31(17-20)23-13-7-5-11-21(23)28/h2-14,20H,15-18H2,1H3. The highest BCUT2D eigenvalue weighted by molar-refractivity contribution is 6.33. The van der Waals surface area contributed by atoms with Crippen LogP contribution in [0.25, 0.3) is 11.0 Å². The van der Waals surface area contributed by atoms with E-state index in [4.69, 9.17) is 16.6 Å². The van der Waals surface area contributed by atoms with Crippen LogP contribution in [-0.4, -0.2) is 39.9 Å². The van der Waals surface area contributed by atoms with Crippen molar-refractivity contribution < 1.29 is 9.59 Å². The number of anilines is 1. The molecule has 3 aromatic carbocycles. The molecule has 1 fully saturated rings. The van der Waals surface area contributed by atoms with Gasteiger partial charge in [0, 0.05) is 32.5 Å². The molecule has 1 aromatic heterocycles. The Balaban J connectivity index is 1.43. The van der Waals surface area contributed by atoms with Crippen molar-refractivity contribution in [3.8, 4) is 0 Å². The van der Waals surface area contributed by atoms with Gasteiger partial charge in [0.15, 0.2) is 0 Å². The van der Waals surface area contributed by atoms with E-state index in [1.165, 1.54) is 0 Å². The number of halogens is 1. The molecule has 0 spiro atoms. The van der Waals surface area contributed by atoms with Crippen molar-refractivity contribution in [2.45, 2.75) is 25.4 Å². The molecule has 0 saturated carbocycles. The second-order valence-electron chi connectivity index (χ2n) is 8.64. The first kappa shape index (κ1) is 22.2. The number of amides is 2. The van der Waals surface area contributed by atoms with Crippen molar-refractivity contribution in [2.75, 3.05) is 18.5 Å². The molecular formula is C27H25ClN4O2. The van der Waals surface area contributed by atoms with E-state index in [1.54, 1.807) is 15.9 Å². The van der Waals surface area contributed by atoms with E-state index in [1.807, 2.05) is 84.4 Å². The van der Waals surface area contributed by atoms with E-state index in [0.717, 1.165) is 22.4 Å². The molecule has 0 aliphatic carbocycles. The van der Waals surface area contributed by atoms with Crippen LogP contribution < -0.4 is 4.90 Å². The Hall–Kier alpha value is -3.64. The third kappa shape index (κ3) is 4.29. The molecule has 0 radical (unpaired) electrons. The van der Waals surface area contributed by atoms with E-state index >= 15 is 0 Å². The highest BCUT2D eigenvalue weighted by Gasteiger charge is 2.36. The number of para-hydroxylation sites is 3. The summed E-state index contributed by atoms with van der Waals surface area (Å²) in [6.45, 7) is 1.17. The Kier molecular flexibility index (Phi) is 6.07. The monoisotopic (exact) mass is 472 g/mol. The van der Waals surface area contributed by atoms with Crippen LogP contribution in [0.3, 0.4) is 0 Å². The molecule has 4 aromatic rings. The van der Waals surface area contributed by atoms with Gasteiger partial charge in [0.05, 0.1) is 21.7 Å². The molecule has 0 N–H and O–H groups in total. The molecular weight excluding hydrogens is 448 g/mol. The van der Waals surface area contributed by atoms with Gasteiger partial charge in [-0.25, -0.2) is 4.98 Å². The van der Waals surface area contributed by atoms with Crippen molar-refractivity contribution >= 4 is 40.1 Å². The van der Waals surface area contributed by atoms with Gasteiger partial charge in [-0.3, -0.25) is 9.59 Å². The lowest BCUT2D eigenvalue weighted by molar-refractivity contribution is -0.131. The lowest BCUT2D eigenvalue weighted by Gasteiger charge is -2.20. The lowest BCUT2D eigenvalue weighted by Crippen LogP contribution is -2.30. The number of rotatable bonds is 6. The Bertz CT molecular complexity index is 1350. The van der Waals surface area contributed by atoms with Gasteiger partial charge < -0.3 is 14.4 Å². The maximum atomic E-state index is 13.2. The highest BCUT2D eigenvalue weighted by Crippen LogP contribution is 2.36. The van der Waals surface area contributed by atoms with Gasteiger partial charge in [-0.05, 0) is 29.8 Å². The fourth-order valence-electron chi connectivity index (χ4n) is 4.56. The molecule has 1 atom stereocenters. The smallest absolute Gasteiger partial charge is 0.242 e. The maximum Gasteiger partial charge on any atom is 0.242 e. The first-order chi connectivity index (χ1) is 16.5. The number of hydrogen-bond acceptors (Lipinski definition) is 3. The summed E-state index contributed by atoms with van der Waals surface area (Å²) in [5, 5.41) is 0.544. The summed E-state index contributed by atoms with van der Waals surface area (Å²) in [4.78, 5) is 34.4. The van der Waals surface area contributed by atoms with Gasteiger partial charge in [0.2, 0.25) is 11.8 Å². The van der Waals surface area contributed by atoms with Crippen molar-refractivity contribution in [1.29, 1.82) is 0 Å². The molecule has 1 unspecified atom stereocenters. The van der Waals surface area contributed by atoms with E-state index in [0.29, 0.717) is 30.2 Å². The number of fused-ring (bicyclic) bond motifs is 1. The van der Waals surface area contributed by atoms with Crippen LogP contribution in [0.5, 0.6) is 0 Å². The van der Waals surface area contributed by atoms with Gasteiger partial charge in [-0.2, -0.15) is 0 Å². The van der Waals surface area contributed by atoms with Crippen molar-refractivity contribution in [1.82, 2.24) is 14.5 Å². The molecule has 6 nitrogen and oxygen atoms in total. The number of aromatic nitrogens is 2. The number of benzene rings is 3. The van der Waals surface area contributed by atoms with Gasteiger partial charge in [-0.1, -0.05) is 66.2 Å². The first-order valence-electron chi connectivity index (χ1n) is 11.3. The zero-order valence-electron chi connectivity index (χ0n) is 18.9. The first-order valence-corrected chi connectivity index (χ1v) is 11.7. The van der Waals surface area contributed by atoms with E-state index < -0.39 is 0 Å². The molecule has 2 amide bonds. The van der Waals surface area contributed by atoms with Gasteiger partial charge >= 0.3 is 0 Å². The third-order valence-corrected chi connectivity index (χ3v) is 6.62. The molecule has 1 aliphatic rings. The number of likely N-dealkylation sites (N-methyl/N-ethyl adjacent to an activating group) is 1. The Morgan fingerprint density at radius 2 is 1.74 bits per heavy atom. The number of carbonyl (C=O) groups excluding carboxylic acids is 2. The molecule has 172 valence electrons. The minimum atomic E-state index is -0.136. The number of imidazole rings is 1. The van der Waals surface area contributed by atoms with Crippen LogP contribution in [0.1, 0.15) is 23.7 Å². The minimum Gasteiger partial charge on any atom is -0.340 e. The molecule has 0 bridgehead atoms. The quantitative estimate of drug-likeness (QED) is 0.402. The Labute approximate surface area is 203 Å². The fraction of sp³-hybridized carbons (Fsp3) is 0.222. The summed E-state index contributed by atoms with van der Waals surface area (Å²) >= 11 is 6.36. The van der Waals surface area contributed by atoms with Crippen LogP contribution in [0.4, 0.5) is 5.69 Å². The Morgan fingerprint density at radius 3 is 2.53 bits per heavy atom. The van der Waals surface area contributed by atoms with E-state index in [-0.39, 0.29) is 24.3 Å². The molecule has 1 saturated heterocycles. The normalized spacial score (nSPS) is 15.8. The highest BCUT2D eigenvalue weighted by atomic mass is 35.5. The van der Waals surface area contributed by atoms with Crippen LogP contribution in [0, 0.1) is 0 Å². The average molecular weight is 473 g/mol. The second-order valence-corrected chi connectivity index (χ2v) is 9.04. The van der Waals surface area contributed by atoms with E-state index in [2.05, 4.69) is 0 Å². The molecule has 2 heterocycles.